The summed E-state index contributed by atoms with van der Waals surface area (Å²) in [5, 5.41) is 11.2. The van der Waals surface area contributed by atoms with Gasteiger partial charge >= 0.3 is 6.09 Å². The maximum atomic E-state index is 12.6. The average Bonchev–Trinajstić information content (AvgIpc) is 2.72. The molecule has 8 nitrogen and oxygen atoms in total. The molecule has 1 fully saturated rings. The number of nitro groups is 1. The molecule has 0 bridgehead atoms. The summed E-state index contributed by atoms with van der Waals surface area (Å²) in [5.74, 6) is -0.242. The van der Waals surface area contributed by atoms with E-state index in [1.807, 2.05) is 0 Å². The number of ether oxygens (including phenoxy) is 1. The Kier molecular flexibility index (Phi) is 4.22. The third kappa shape index (κ3) is 3.33. The van der Waals surface area contributed by atoms with E-state index in [1.165, 1.54) is 11.0 Å². The summed E-state index contributed by atoms with van der Waals surface area (Å²) in [5.41, 5.74) is 0.128. The van der Waals surface area contributed by atoms with Gasteiger partial charge in [0.05, 0.1) is 28.6 Å². The van der Waals surface area contributed by atoms with E-state index in [4.69, 9.17) is 4.74 Å². The summed E-state index contributed by atoms with van der Waals surface area (Å²) in [6, 6.07) is 2.85. The smallest absolute Gasteiger partial charge is 0.410 e. The maximum Gasteiger partial charge on any atom is 0.410 e. The Morgan fingerprint density at radius 1 is 1.36 bits per heavy atom. The first kappa shape index (κ1) is 17.7. The van der Waals surface area contributed by atoms with Gasteiger partial charge in [0.1, 0.15) is 5.60 Å². The molecular formula is C16H18BrN3O5. The van der Waals surface area contributed by atoms with Gasteiger partial charge in [0.2, 0.25) is 0 Å². The Labute approximate surface area is 153 Å². The predicted octanol–water partition coefficient (Wildman–Crippen LogP) is 2.93. The molecule has 2 heterocycles. The van der Waals surface area contributed by atoms with Crippen molar-refractivity contribution in [3.8, 4) is 0 Å². The van der Waals surface area contributed by atoms with E-state index in [-0.39, 0.29) is 24.2 Å². The molecule has 134 valence electrons. The normalized spacial score (nSPS) is 17.4. The minimum atomic E-state index is -0.575. The van der Waals surface area contributed by atoms with Crippen LogP contribution < -0.4 is 0 Å². The number of carbonyl (C=O) groups excluding carboxylic acids is 2. The van der Waals surface area contributed by atoms with E-state index in [2.05, 4.69) is 15.9 Å². The van der Waals surface area contributed by atoms with Crippen molar-refractivity contribution in [2.45, 2.75) is 39.0 Å². The molecule has 0 unspecified atom stereocenters. The highest BCUT2D eigenvalue weighted by Gasteiger charge is 2.44. The van der Waals surface area contributed by atoms with Gasteiger partial charge in [-0.15, -0.1) is 0 Å². The second-order valence-electron chi connectivity index (χ2n) is 7.18. The average molecular weight is 412 g/mol. The first-order chi connectivity index (χ1) is 11.6. The van der Waals surface area contributed by atoms with Crippen LogP contribution in [0, 0.1) is 10.1 Å². The predicted molar refractivity (Wildman–Crippen MR) is 92.3 cm³/mol. The van der Waals surface area contributed by atoms with Crippen molar-refractivity contribution < 1.29 is 19.2 Å². The molecule has 2 amide bonds. The monoisotopic (exact) mass is 411 g/mol. The molecule has 0 atom stereocenters. The fourth-order valence-corrected chi connectivity index (χ4v) is 3.41. The number of carbonyl (C=O) groups is 2. The Bertz CT molecular complexity index is 768. The van der Waals surface area contributed by atoms with Gasteiger partial charge in [0, 0.05) is 23.6 Å². The summed E-state index contributed by atoms with van der Waals surface area (Å²) in [6.07, 6.45) is -0.415. The van der Waals surface area contributed by atoms with Crippen LogP contribution in [-0.4, -0.2) is 51.5 Å². The quantitative estimate of drug-likeness (QED) is 0.550. The zero-order valence-corrected chi connectivity index (χ0v) is 15.7. The fraction of sp³-hybridized carbons (Fsp3) is 0.500. The van der Waals surface area contributed by atoms with E-state index in [1.54, 1.807) is 31.7 Å². The third-order valence-electron chi connectivity index (χ3n) is 4.16. The molecule has 2 aliphatic heterocycles. The van der Waals surface area contributed by atoms with Gasteiger partial charge in [-0.25, -0.2) is 4.79 Å². The Balaban J connectivity index is 1.71. The maximum absolute atomic E-state index is 12.6. The van der Waals surface area contributed by atoms with E-state index in [9.17, 15) is 19.7 Å². The SMILES string of the molecule is CC(C)(C)OC(=O)N1CC(N2Cc3c(cc(Br)cc3[N+](=O)[O-])C2=O)C1. The largest absolute Gasteiger partial charge is 0.444 e. The number of rotatable bonds is 2. The van der Waals surface area contributed by atoms with Crippen molar-refractivity contribution in [1.29, 1.82) is 0 Å². The summed E-state index contributed by atoms with van der Waals surface area (Å²) in [6.45, 7) is 6.29. The molecule has 2 aliphatic rings. The molecule has 1 aromatic rings. The van der Waals surface area contributed by atoms with Crippen LogP contribution in [-0.2, 0) is 11.3 Å². The summed E-state index contributed by atoms with van der Waals surface area (Å²) in [4.78, 5) is 38.5. The van der Waals surface area contributed by atoms with Crippen LogP contribution in [0.3, 0.4) is 0 Å². The standard InChI is InChI=1S/C16H18BrN3O5/c1-16(2,3)25-15(22)18-6-10(7-18)19-8-12-11(14(19)21)4-9(17)5-13(12)20(23)24/h4-5,10H,6-8H2,1-3H3. The van der Waals surface area contributed by atoms with Crippen LogP contribution in [0.25, 0.3) is 0 Å². The molecule has 0 aromatic heterocycles. The van der Waals surface area contributed by atoms with Crippen molar-refractivity contribution in [1.82, 2.24) is 9.80 Å². The molecule has 0 aliphatic carbocycles. The number of hydrogen-bond donors (Lipinski definition) is 0. The van der Waals surface area contributed by atoms with E-state index in [0.29, 0.717) is 28.7 Å². The lowest BCUT2D eigenvalue weighted by molar-refractivity contribution is -0.385. The summed E-state index contributed by atoms with van der Waals surface area (Å²) >= 11 is 3.21. The molecule has 0 spiro atoms. The minimum Gasteiger partial charge on any atom is -0.444 e. The van der Waals surface area contributed by atoms with E-state index < -0.39 is 16.6 Å². The zero-order chi connectivity index (χ0) is 18.5. The second-order valence-corrected chi connectivity index (χ2v) is 8.10. The van der Waals surface area contributed by atoms with Crippen molar-refractivity contribution in [3.05, 3.63) is 37.8 Å². The highest BCUT2D eigenvalue weighted by atomic mass is 79.9. The topological polar surface area (TPSA) is 93.0 Å². The zero-order valence-electron chi connectivity index (χ0n) is 14.1. The van der Waals surface area contributed by atoms with Crippen LogP contribution in [0.1, 0.15) is 36.7 Å². The molecule has 3 rings (SSSR count). The molecule has 9 heteroatoms. The summed E-state index contributed by atoms with van der Waals surface area (Å²) < 4.78 is 5.79. The Morgan fingerprint density at radius 2 is 2.00 bits per heavy atom. The molecule has 0 N–H and O–H groups in total. The van der Waals surface area contributed by atoms with Crippen LogP contribution >= 0.6 is 15.9 Å². The first-order valence-electron chi connectivity index (χ1n) is 7.82. The van der Waals surface area contributed by atoms with Gasteiger partial charge in [0.15, 0.2) is 0 Å². The lowest BCUT2D eigenvalue weighted by Crippen LogP contribution is -2.61. The number of fused-ring (bicyclic) bond motifs is 1. The lowest BCUT2D eigenvalue weighted by atomic mass is 10.1. The number of halogens is 1. The molecule has 0 saturated carbocycles. The van der Waals surface area contributed by atoms with Crippen molar-refractivity contribution in [2.75, 3.05) is 13.1 Å². The van der Waals surface area contributed by atoms with Gasteiger partial charge in [0.25, 0.3) is 11.6 Å². The molecule has 1 aromatic carbocycles. The number of nitrogens with zero attached hydrogens (tertiary/aromatic N) is 3. The minimum absolute atomic E-state index is 0.0662. The molecule has 1 saturated heterocycles. The van der Waals surface area contributed by atoms with Crippen molar-refractivity contribution in [2.24, 2.45) is 0 Å². The second kappa shape index (κ2) is 5.98. The number of benzene rings is 1. The van der Waals surface area contributed by atoms with Crippen LogP contribution in [0.2, 0.25) is 0 Å². The van der Waals surface area contributed by atoms with Gasteiger partial charge in [-0.3, -0.25) is 14.9 Å². The lowest BCUT2D eigenvalue weighted by Gasteiger charge is -2.43. The van der Waals surface area contributed by atoms with Crippen LogP contribution in [0.4, 0.5) is 10.5 Å². The van der Waals surface area contributed by atoms with Crippen LogP contribution in [0.5, 0.6) is 0 Å². The third-order valence-corrected chi connectivity index (χ3v) is 4.62. The molecule has 0 radical (unpaired) electrons. The van der Waals surface area contributed by atoms with Gasteiger partial charge in [-0.2, -0.15) is 0 Å². The fourth-order valence-electron chi connectivity index (χ4n) is 2.96. The van der Waals surface area contributed by atoms with Crippen LogP contribution in [0.15, 0.2) is 16.6 Å². The van der Waals surface area contributed by atoms with Crippen molar-refractivity contribution in [3.63, 3.8) is 0 Å². The number of likely N-dealkylation sites (tertiary alicyclic amines) is 1. The van der Waals surface area contributed by atoms with E-state index >= 15 is 0 Å². The van der Waals surface area contributed by atoms with Gasteiger partial charge < -0.3 is 14.5 Å². The number of amides is 2. The Morgan fingerprint density at radius 3 is 2.56 bits per heavy atom. The van der Waals surface area contributed by atoms with Crippen molar-refractivity contribution >= 4 is 33.6 Å². The van der Waals surface area contributed by atoms with Gasteiger partial charge in [-0.1, -0.05) is 15.9 Å². The van der Waals surface area contributed by atoms with E-state index in [0.717, 1.165) is 0 Å². The summed E-state index contributed by atoms with van der Waals surface area (Å²) in [7, 11) is 0. The molecular weight excluding hydrogens is 394 g/mol. The van der Waals surface area contributed by atoms with Gasteiger partial charge in [-0.05, 0) is 26.8 Å². The number of nitro benzene ring substituents is 1. The first-order valence-corrected chi connectivity index (χ1v) is 8.62. The highest BCUT2D eigenvalue weighted by molar-refractivity contribution is 9.10. The molecule has 25 heavy (non-hydrogen) atoms. The number of hydrogen-bond acceptors (Lipinski definition) is 5. The Hall–Kier alpha value is -2.16. The highest BCUT2D eigenvalue weighted by Crippen LogP contribution is 2.36.